The van der Waals surface area contributed by atoms with Gasteiger partial charge in [-0.25, -0.2) is 0 Å². The van der Waals surface area contributed by atoms with Crippen LogP contribution in [0.5, 0.6) is 0 Å². The van der Waals surface area contributed by atoms with Crippen molar-refractivity contribution in [2.75, 3.05) is 26.2 Å². The highest BCUT2D eigenvalue weighted by molar-refractivity contribution is 5.16. The van der Waals surface area contributed by atoms with E-state index in [1.165, 1.54) is 16.8 Å². The van der Waals surface area contributed by atoms with Gasteiger partial charge in [-0.2, -0.15) is 5.10 Å². The molecule has 5 heteroatoms. The van der Waals surface area contributed by atoms with Gasteiger partial charge in [0.15, 0.2) is 0 Å². The molecule has 124 valence electrons. The highest BCUT2D eigenvalue weighted by Crippen LogP contribution is 2.14. The lowest BCUT2D eigenvalue weighted by Gasteiger charge is -2.21. The first-order valence-electron chi connectivity index (χ1n) is 8.26. The largest absolute Gasteiger partial charge is 0.390 e. The van der Waals surface area contributed by atoms with Crippen molar-refractivity contribution in [3.05, 3.63) is 53.3 Å². The Balaban J connectivity index is 1.60. The Morgan fingerprint density at radius 2 is 1.74 bits per heavy atom. The average Bonchev–Trinajstić information content (AvgIpc) is 2.75. The van der Waals surface area contributed by atoms with Crippen molar-refractivity contribution in [3.63, 3.8) is 0 Å². The van der Waals surface area contributed by atoms with Gasteiger partial charge in [0.05, 0.1) is 12.3 Å². The summed E-state index contributed by atoms with van der Waals surface area (Å²) in [5.74, 6) is 0. The fraction of sp³-hybridized carbons (Fsp3) is 0.500. The molecule has 0 spiro atoms. The van der Waals surface area contributed by atoms with Crippen LogP contribution in [-0.2, 0) is 20.1 Å². The summed E-state index contributed by atoms with van der Waals surface area (Å²) in [6.45, 7) is 7.26. The van der Waals surface area contributed by atoms with Gasteiger partial charge < -0.3 is 5.11 Å². The summed E-state index contributed by atoms with van der Waals surface area (Å²) in [4.78, 5) is 4.68. The molecule has 1 saturated heterocycles. The normalized spacial score (nSPS) is 20.6. The third kappa shape index (κ3) is 4.19. The van der Waals surface area contributed by atoms with Crippen molar-refractivity contribution in [1.82, 2.24) is 19.6 Å². The Bertz CT molecular complexity index is 625. The zero-order chi connectivity index (χ0) is 16.2. The van der Waals surface area contributed by atoms with Crippen LogP contribution >= 0.6 is 0 Å². The molecule has 0 unspecified atom stereocenters. The van der Waals surface area contributed by atoms with Crippen LogP contribution in [0.25, 0.3) is 0 Å². The second kappa shape index (κ2) is 7.25. The first kappa shape index (κ1) is 16.2. The lowest BCUT2D eigenvalue weighted by molar-refractivity contribution is 0.106. The molecule has 1 aliphatic heterocycles. The molecule has 0 aliphatic carbocycles. The predicted octanol–water partition coefficient (Wildman–Crippen LogP) is 1.41. The van der Waals surface area contributed by atoms with E-state index in [2.05, 4.69) is 46.1 Å². The number of aliphatic hydroxyl groups is 1. The molecule has 1 aliphatic rings. The molecule has 1 aromatic heterocycles. The van der Waals surface area contributed by atoms with E-state index in [0.29, 0.717) is 0 Å². The number of benzene rings is 1. The minimum Gasteiger partial charge on any atom is -0.390 e. The topological polar surface area (TPSA) is 44.5 Å². The van der Waals surface area contributed by atoms with E-state index in [1.807, 2.05) is 24.0 Å². The van der Waals surface area contributed by atoms with Crippen LogP contribution in [0.1, 0.15) is 16.8 Å². The van der Waals surface area contributed by atoms with E-state index < -0.39 is 0 Å². The van der Waals surface area contributed by atoms with Crippen molar-refractivity contribution >= 4 is 0 Å². The van der Waals surface area contributed by atoms with Gasteiger partial charge in [-0.05, 0) is 12.5 Å². The molecule has 0 bridgehead atoms. The van der Waals surface area contributed by atoms with Crippen LogP contribution in [-0.4, -0.2) is 57.0 Å². The SMILES string of the molecule is Cc1c(CN2CCN(Cc3ccccc3)C[C@H](O)C2)cnn1C. The number of rotatable bonds is 4. The molecule has 1 atom stereocenters. The Labute approximate surface area is 138 Å². The van der Waals surface area contributed by atoms with E-state index in [4.69, 9.17) is 0 Å². The van der Waals surface area contributed by atoms with Gasteiger partial charge in [0.1, 0.15) is 0 Å². The average molecular weight is 314 g/mol. The number of β-amino-alcohol motifs (C(OH)–C–C–N with tert-alkyl or cyclic N) is 1. The van der Waals surface area contributed by atoms with Crippen LogP contribution < -0.4 is 0 Å². The number of hydrogen-bond acceptors (Lipinski definition) is 4. The van der Waals surface area contributed by atoms with Crippen LogP contribution in [0.3, 0.4) is 0 Å². The fourth-order valence-electron chi connectivity index (χ4n) is 3.19. The summed E-state index contributed by atoms with van der Waals surface area (Å²) >= 11 is 0. The van der Waals surface area contributed by atoms with Crippen molar-refractivity contribution < 1.29 is 5.11 Å². The maximum atomic E-state index is 10.4. The van der Waals surface area contributed by atoms with Crippen LogP contribution in [0.4, 0.5) is 0 Å². The second-order valence-corrected chi connectivity index (χ2v) is 6.49. The molecule has 5 nitrogen and oxygen atoms in total. The summed E-state index contributed by atoms with van der Waals surface area (Å²) < 4.78 is 1.91. The minimum atomic E-state index is -0.307. The monoisotopic (exact) mass is 314 g/mol. The maximum absolute atomic E-state index is 10.4. The molecule has 0 saturated carbocycles. The van der Waals surface area contributed by atoms with Crippen molar-refractivity contribution in [2.24, 2.45) is 7.05 Å². The molecular formula is C18H26N4O. The second-order valence-electron chi connectivity index (χ2n) is 6.49. The third-order valence-electron chi connectivity index (χ3n) is 4.65. The summed E-state index contributed by atoms with van der Waals surface area (Å²) in [5, 5.41) is 14.7. The molecule has 0 amide bonds. The Hall–Kier alpha value is -1.69. The zero-order valence-electron chi connectivity index (χ0n) is 14.0. The van der Waals surface area contributed by atoms with E-state index in [-0.39, 0.29) is 6.10 Å². The highest BCUT2D eigenvalue weighted by Gasteiger charge is 2.22. The first-order chi connectivity index (χ1) is 11.1. The number of aryl methyl sites for hydroxylation is 1. The van der Waals surface area contributed by atoms with Gasteiger partial charge in [0.2, 0.25) is 0 Å². The van der Waals surface area contributed by atoms with Crippen molar-refractivity contribution in [3.8, 4) is 0 Å². The summed E-state index contributed by atoms with van der Waals surface area (Å²) in [7, 11) is 1.97. The summed E-state index contributed by atoms with van der Waals surface area (Å²) in [6.07, 6.45) is 1.63. The molecule has 1 fully saturated rings. The van der Waals surface area contributed by atoms with E-state index in [1.54, 1.807) is 0 Å². The van der Waals surface area contributed by atoms with Crippen molar-refractivity contribution in [2.45, 2.75) is 26.1 Å². The number of aromatic nitrogens is 2. The quantitative estimate of drug-likeness (QED) is 0.927. The zero-order valence-corrected chi connectivity index (χ0v) is 14.0. The van der Waals surface area contributed by atoms with E-state index >= 15 is 0 Å². The molecule has 2 aromatic rings. The molecule has 2 heterocycles. The molecule has 1 aromatic carbocycles. The summed E-state index contributed by atoms with van der Waals surface area (Å²) in [6, 6.07) is 10.5. The van der Waals surface area contributed by atoms with Crippen LogP contribution in [0.2, 0.25) is 0 Å². The smallest absolute Gasteiger partial charge is 0.0794 e. The van der Waals surface area contributed by atoms with Gasteiger partial charge in [-0.1, -0.05) is 30.3 Å². The van der Waals surface area contributed by atoms with Crippen LogP contribution in [0.15, 0.2) is 36.5 Å². The minimum absolute atomic E-state index is 0.307. The lowest BCUT2D eigenvalue weighted by atomic mass is 10.2. The number of aliphatic hydroxyl groups excluding tert-OH is 1. The van der Waals surface area contributed by atoms with Crippen LogP contribution in [0, 0.1) is 6.92 Å². The number of hydrogen-bond donors (Lipinski definition) is 1. The highest BCUT2D eigenvalue weighted by atomic mass is 16.3. The molecular weight excluding hydrogens is 288 g/mol. The Morgan fingerprint density at radius 3 is 2.35 bits per heavy atom. The fourth-order valence-corrected chi connectivity index (χ4v) is 3.19. The van der Waals surface area contributed by atoms with E-state index in [0.717, 1.165) is 39.3 Å². The number of nitrogens with zero attached hydrogens (tertiary/aromatic N) is 4. The molecule has 0 radical (unpaired) electrons. The van der Waals surface area contributed by atoms with Gasteiger partial charge in [0, 0.05) is 57.6 Å². The standard InChI is InChI=1S/C18H26N4O/c1-15-17(10-19-20(15)2)12-22-9-8-21(13-18(23)14-22)11-16-6-4-3-5-7-16/h3-7,10,18,23H,8-9,11-14H2,1-2H3/t18-/m0/s1. The molecule has 3 rings (SSSR count). The van der Waals surface area contributed by atoms with E-state index in [9.17, 15) is 5.11 Å². The molecule has 1 N–H and O–H groups in total. The first-order valence-corrected chi connectivity index (χ1v) is 8.26. The van der Waals surface area contributed by atoms with Gasteiger partial charge in [-0.3, -0.25) is 14.5 Å². The lowest BCUT2D eigenvalue weighted by Crippen LogP contribution is -2.33. The molecule has 23 heavy (non-hydrogen) atoms. The van der Waals surface area contributed by atoms with Gasteiger partial charge >= 0.3 is 0 Å². The van der Waals surface area contributed by atoms with Gasteiger partial charge in [-0.15, -0.1) is 0 Å². The van der Waals surface area contributed by atoms with Crippen molar-refractivity contribution in [1.29, 1.82) is 0 Å². The summed E-state index contributed by atoms with van der Waals surface area (Å²) in [5.41, 5.74) is 3.75. The Kier molecular flexibility index (Phi) is 5.10. The van der Waals surface area contributed by atoms with Gasteiger partial charge in [0.25, 0.3) is 0 Å². The predicted molar refractivity (Wildman–Crippen MR) is 90.9 cm³/mol. The Morgan fingerprint density at radius 1 is 1.09 bits per heavy atom. The maximum Gasteiger partial charge on any atom is 0.0794 e. The third-order valence-corrected chi connectivity index (χ3v) is 4.65.